The Hall–Kier alpha value is -2.56. The molecule has 2 aliphatic heterocycles. The molecular weight excluding hydrogens is 378 g/mol. The second-order valence-electron chi connectivity index (χ2n) is 7.30. The van der Waals surface area contributed by atoms with Crippen molar-refractivity contribution >= 4 is 23.2 Å². The van der Waals surface area contributed by atoms with E-state index in [4.69, 9.17) is 4.74 Å². The molecule has 0 saturated carbocycles. The maximum Gasteiger partial charge on any atom is 0.274 e. The van der Waals surface area contributed by atoms with Crippen LogP contribution in [0.1, 0.15) is 5.56 Å². The number of nitrogens with zero attached hydrogens (tertiary/aromatic N) is 4. The highest BCUT2D eigenvalue weighted by molar-refractivity contribution is 5.93. The van der Waals surface area contributed by atoms with Gasteiger partial charge in [-0.15, -0.1) is 0 Å². The lowest BCUT2D eigenvalue weighted by molar-refractivity contribution is -0.385. The van der Waals surface area contributed by atoms with Crippen molar-refractivity contribution in [3.05, 3.63) is 33.9 Å². The maximum atomic E-state index is 12.5. The van der Waals surface area contributed by atoms with Gasteiger partial charge in [0.15, 0.2) is 0 Å². The molecule has 10 nitrogen and oxygen atoms in total. The Morgan fingerprint density at radius 2 is 1.72 bits per heavy atom. The number of ether oxygens (including phenoxy) is 1. The molecule has 0 unspecified atom stereocenters. The molecule has 1 N–H and O–H groups in total. The number of hydrogen-bond acceptors (Lipinski definition) is 7. The average Bonchev–Trinajstić information content (AvgIpc) is 2.70. The fraction of sp³-hybridized carbons (Fsp3) is 0.579. The van der Waals surface area contributed by atoms with Gasteiger partial charge in [0, 0.05) is 45.3 Å². The number of rotatable bonds is 6. The lowest BCUT2D eigenvalue weighted by atomic mass is 10.1. The molecule has 0 spiro atoms. The topological polar surface area (TPSA) is 108 Å². The van der Waals surface area contributed by atoms with Crippen LogP contribution in [0.4, 0.5) is 11.4 Å². The predicted molar refractivity (Wildman–Crippen MR) is 107 cm³/mol. The van der Waals surface area contributed by atoms with Crippen LogP contribution in [0.25, 0.3) is 0 Å². The van der Waals surface area contributed by atoms with Crippen LogP contribution in [-0.2, 0) is 14.3 Å². The van der Waals surface area contributed by atoms with Crippen molar-refractivity contribution < 1.29 is 19.2 Å². The first kappa shape index (κ1) is 21.2. The molecule has 2 heterocycles. The molecule has 10 heteroatoms. The molecule has 29 heavy (non-hydrogen) atoms. The molecule has 2 saturated heterocycles. The second kappa shape index (κ2) is 9.77. The van der Waals surface area contributed by atoms with Crippen molar-refractivity contribution in [2.45, 2.75) is 6.92 Å². The minimum absolute atomic E-state index is 0.0183. The molecule has 2 amide bonds. The standard InChI is InChI=1S/C19H27N5O5/c1-15-16(3-2-4-17(15)24(27)28)20-18(25)13-21-5-7-23(8-6-21)19(26)14-22-9-11-29-12-10-22/h2-4H,5-14H2,1H3,(H,20,25). The Morgan fingerprint density at radius 3 is 2.38 bits per heavy atom. The summed E-state index contributed by atoms with van der Waals surface area (Å²) in [6.07, 6.45) is 0. The molecular formula is C19H27N5O5. The number of piperazine rings is 1. The number of morpholine rings is 1. The zero-order valence-corrected chi connectivity index (χ0v) is 16.6. The van der Waals surface area contributed by atoms with Crippen molar-refractivity contribution in [1.29, 1.82) is 0 Å². The summed E-state index contributed by atoms with van der Waals surface area (Å²) in [5.74, 6) is -0.107. The lowest BCUT2D eigenvalue weighted by Gasteiger charge is -2.36. The van der Waals surface area contributed by atoms with Crippen LogP contribution >= 0.6 is 0 Å². The zero-order valence-electron chi connectivity index (χ0n) is 16.6. The Labute approximate surface area is 169 Å². The van der Waals surface area contributed by atoms with Gasteiger partial charge in [-0.1, -0.05) is 6.07 Å². The highest BCUT2D eigenvalue weighted by Gasteiger charge is 2.24. The van der Waals surface area contributed by atoms with Crippen LogP contribution in [0.3, 0.4) is 0 Å². The van der Waals surface area contributed by atoms with Gasteiger partial charge in [-0.3, -0.25) is 29.5 Å². The Bertz CT molecular complexity index is 757. The number of amides is 2. The lowest BCUT2D eigenvalue weighted by Crippen LogP contribution is -2.53. The molecule has 0 atom stereocenters. The van der Waals surface area contributed by atoms with Gasteiger partial charge in [-0.25, -0.2) is 0 Å². The molecule has 2 fully saturated rings. The maximum absolute atomic E-state index is 12.5. The van der Waals surface area contributed by atoms with E-state index in [0.29, 0.717) is 57.2 Å². The van der Waals surface area contributed by atoms with E-state index in [9.17, 15) is 19.7 Å². The minimum atomic E-state index is -0.460. The number of benzene rings is 1. The van der Waals surface area contributed by atoms with Crippen LogP contribution in [0.2, 0.25) is 0 Å². The summed E-state index contributed by atoms with van der Waals surface area (Å²) in [6.45, 7) is 7.54. The molecule has 0 radical (unpaired) electrons. The summed E-state index contributed by atoms with van der Waals surface area (Å²) in [6, 6.07) is 4.63. The van der Waals surface area contributed by atoms with Crippen LogP contribution in [0.15, 0.2) is 18.2 Å². The summed E-state index contributed by atoms with van der Waals surface area (Å²) in [5.41, 5.74) is 0.864. The van der Waals surface area contributed by atoms with Crippen LogP contribution in [0.5, 0.6) is 0 Å². The highest BCUT2D eigenvalue weighted by Crippen LogP contribution is 2.25. The highest BCUT2D eigenvalue weighted by atomic mass is 16.6. The minimum Gasteiger partial charge on any atom is -0.379 e. The van der Waals surface area contributed by atoms with Gasteiger partial charge >= 0.3 is 0 Å². The van der Waals surface area contributed by atoms with E-state index >= 15 is 0 Å². The number of nitro benzene ring substituents is 1. The van der Waals surface area contributed by atoms with Crippen LogP contribution in [-0.4, -0.2) is 97.0 Å². The molecule has 3 rings (SSSR count). The van der Waals surface area contributed by atoms with Crippen LogP contribution in [0, 0.1) is 17.0 Å². The third-order valence-corrected chi connectivity index (χ3v) is 5.33. The largest absolute Gasteiger partial charge is 0.379 e. The van der Waals surface area contributed by atoms with Gasteiger partial charge in [-0.05, 0) is 13.0 Å². The molecule has 2 aliphatic rings. The molecule has 0 bridgehead atoms. The van der Waals surface area contributed by atoms with E-state index in [2.05, 4.69) is 10.2 Å². The number of anilines is 1. The van der Waals surface area contributed by atoms with Crippen LogP contribution < -0.4 is 5.32 Å². The molecule has 0 aliphatic carbocycles. The number of nitrogens with one attached hydrogen (secondary N) is 1. The molecule has 158 valence electrons. The second-order valence-corrected chi connectivity index (χ2v) is 7.30. The number of nitro groups is 1. The van der Waals surface area contributed by atoms with E-state index in [1.165, 1.54) is 6.07 Å². The monoisotopic (exact) mass is 405 g/mol. The number of carbonyl (C=O) groups excluding carboxylic acids is 2. The normalized spacial score (nSPS) is 18.4. The number of hydrogen-bond donors (Lipinski definition) is 1. The summed E-state index contributed by atoms with van der Waals surface area (Å²) >= 11 is 0. The molecule has 1 aromatic rings. The van der Waals surface area contributed by atoms with Gasteiger partial charge < -0.3 is 15.0 Å². The first-order chi connectivity index (χ1) is 13.9. The SMILES string of the molecule is Cc1c(NC(=O)CN2CCN(C(=O)CN3CCOCC3)CC2)cccc1[N+](=O)[O-]. The quantitative estimate of drug-likeness (QED) is 0.536. The van der Waals surface area contributed by atoms with Gasteiger partial charge in [0.1, 0.15) is 0 Å². The van der Waals surface area contributed by atoms with E-state index in [1.807, 2.05) is 9.80 Å². The third-order valence-electron chi connectivity index (χ3n) is 5.33. The smallest absolute Gasteiger partial charge is 0.274 e. The Balaban J connectivity index is 1.44. The third kappa shape index (κ3) is 5.72. The predicted octanol–water partition coefficient (Wildman–Crippen LogP) is 0.318. The van der Waals surface area contributed by atoms with Gasteiger partial charge in [0.25, 0.3) is 5.69 Å². The van der Waals surface area contributed by atoms with E-state index < -0.39 is 4.92 Å². The summed E-state index contributed by atoms with van der Waals surface area (Å²) in [5, 5.41) is 13.8. The first-order valence-electron chi connectivity index (χ1n) is 9.78. The van der Waals surface area contributed by atoms with Gasteiger partial charge in [0.2, 0.25) is 11.8 Å². The fourth-order valence-electron chi connectivity index (χ4n) is 3.56. The summed E-state index contributed by atoms with van der Waals surface area (Å²) < 4.78 is 5.30. The molecule has 1 aromatic carbocycles. The van der Waals surface area contributed by atoms with Crippen molar-refractivity contribution in [3.8, 4) is 0 Å². The summed E-state index contributed by atoms with van der Waals surface area (Å²) in [4.78, 5) is 41.3. The van der Waals surface area contributed by atoms with Crippen molar-refractivity contribution in [1.82, 2.24) is 14.7 Å². The van der Waals surface area contributed by atoms with Crippen molar-refractivity contribution in [2.24, 2.45) is 0 Å². The fourth-order valence-corrected chi connectivity index (χ4v) is 3.56. The number of carbonyl (C=O) groups is 2. The average molecular weight is 405 g/mol. The molecule has 0 aromatic heterocycles. The van der Waals surface area contributed by atoms with E-state index in [0.717, 1.165) is 13.1 Å². The zero-order chi connectivity index (χ0) is 20.8. The Kier molecular flexibility index (Phi) is 7.13. The Morgan fingerprint density at radius 1 is 1.07 bits per heavy atom. The van der Waals surface area contributed by atoms with Crippen molar-refractivity contribution in [2.75, 3.05) is 70.9 Å². The van der Waals surface area contributed by atoms with E-state index in [1.54, 1.807) is 19.1 Å². The van der Waals surface area contributed by atoms with Gasteiger partial charge in [-0.2, -0.15) is 0 Å². The van der Waals surface area contributed by atoms with Crippen molar-refractivity contribution in [3.63, 3.8) is 0 Å². The summed E-state index contributed by atoms with van der Waals surface area (Å²) in [7, 11) is 0. The first-order valence-corrected chi connectivity index (χ1v) is 9.78. The van der Waals surface area contributed by atoms with Gasteiger partial charge in [0.05, 0.1) is 42.5 Å². The van der Waals surface area contributed by atoms with E-state index in [-0.39, 0.29) is 24.0 Å².